The number of imidazole rings is 1. The zero-order valence-electron chi connectivity index (χ0n) is 9.41. The standard InChI is InChI=1S/C12H15N3O/c1-3-11-7(2)14-12(15-11)9-6-8(16)4-5-10(9)13/h4-6,16H,3,13H2,1-2H3,(H,14,15). The minimum absolute atomic E-state index is 0.191. The molecule has 0 bridgehead atoms. The smallest absolute Gasteiger partial charge is 0.140 e. The Kier molecular flexibility index (Phi) is 2.56. The number of phenolic OH excluding ortho intramolecular Hbond substituents is 1. The molecule has 0 aliphatic heterocycles. The molecule has 0 fully saturated rings. The minimum Gasteiger partial charge on any atom is -0.508 e. The summed E-state index contributed by atoms with van der Waals surface area (Å²) in [5, 5.41) is 9.43. The average molecular weight is 217 g/mol. The Balaban J connectivity index is 2.53. The van der Waals surface area contributed by atoms with Crippen LogP contribution in [0.25, 0.3) is 11.4 Å². The number of hydrogen-bond acceptors (Lipinski definition) is 3. The van der Waals surface area contributed by atoms with Gasteiger partial charge in [0, 0.05) is 16.9 Å². The number of hydrogen-bond donors (Lipinski definition) is 3. The Hall–Kier alpha value is -1.97. The number of nitrogens with two attached hydrogens (primary N) is 1. The fourth-order valence-electron chi connectivity index (χ4n) is 1.72. The molecule has 2 rings (SSSR count). The van der Waals surface area contributed by atoms with E-state index in [0.717, 1.165) is 23.4 Å². The Morgan fingerprint density at radius 3 is 2.81 bits per heavy atom. The highest BCUT2D eigenvalue weighted by Crippen LogP contribution is 2.28. The van der Waals surface area contributed by atoms with Gasteiger partial charge in [-0.3, -0.25) is 0 Å². The number of rotatable bonds is 2. The average Bonchev–Trinajstić information content (AvgIpc) is 2.63. The summed E-state index contributed by atoms with van der Waals surface area (Å²) in [5.74, 6) is 0.902. The van der Waals surface area contributed by atoms with Crippen LogP contribution in [0.15, 0.2) is 18.2 Å². The lowest BCUT2D eigenvalue weighted by Crippen LogP contribution is -1.91. The van der Waals surface area contributed by atoms with Gasteiger partial charge in [-0.1, -0.05) is 6.92 Å². The van der Waals surface area contributed by atoms with Gasteiger partial charge in [0.1, 0.15) is 11.6 Å². The van der Waals surface area contributed by atoms with Crippen molar-refractivity contribution in [1.82, 2.24) is 9.97 Å². The lowest BCUT2D eigenvalue weighted by atomic mass is 10.1. The lowest BCUT2D eigenvalue weighted by molar-refractivity contribution is 0.475. The van der Waals surface area contributed by atoms with E-state index in [1.165, 1.54) is 0 Å². The van der Waals surface area contributed by atoms with E-state index in [1.54, 1.807) is 18.2 Å². The maximum atomic E-state index is 9.43. The topological polar surface area (TPSA) is 74.9 Å². The number of benzene rings is 1. The van der Waals surface area contributed by atoms with Gasteiger partial charge in [0.15, 0.2) is 0 Å². The first-order chi connectivity index (χ1) is 7.61. The first kappa shape index (κ1) is 10.5. The summed E-state index contributed by atoms with van der Waals surface area (Å²) in [5.41, 5.74) is 9.26. The number of nitrogens with one attached hydrogen (secondary N) is 1. The van der Waals surface area contributed by atoms with Crippen molar-refractivity contribution in [3.8, 4) is 17.1 Å². The molecule has 0 atom stereocenters. The summed E-state index contributed by atoms with van der Waals surface area (Å²) in [4.78, 5) is 7.63. The van der Waals surface area contributed by atoms with E-state index in [9.17, 15) is 5.11 Å². The fraction of sp³-hybridized carbons (Fsp3) is 0.250. The predicted octanol–water partition coefficient (Wildman–Crippen LogP) is 2.24. The van der Waals surface area contributed by atoms with Crippen LogP contribution in [0.3, 0.4) is 0 Å². The van der Waals surface area contributed by atoms with E-state index >= 15 is 0 Å². The zero-order valence-corrected chi connectivity index (χ0v) is 9.41. The molecule has 1 aromatic heterocycles. The van der Waals surface area contributed by atoms with Gasteiger partial charge in [0.2, 0.25) is 0 Å². The summed E-state index contributed by atoms with van der Waals surface area (Å²) < 4.78 is 0. The van der Waals surface area contributed by atoms with Crippen LogP contribution in [0.2, 0.25) is 0 Å². The highest BCUT2D eigenvalue weighted by atomic mass is 16.3. The van der Waals surface area contributed by atoms with Gasteiger partial charge in [0.05, 0.1) is 5.69 Å². The van der Waals surface area contributed by atoms with Gasteiger partial charge >= 0.3 is 0 Å². The molecule has 4 heteroatoms. The van der Waals surface area contributed by atoms with Crippen molar-refractivity contribution >= 4 is 5.69 Å². The minimum atomic E-state index is 0.191. The van der Waals surface area contributed by atoms with Gasteiger partial charge < -0.3 is 15.8 Å². The van der Waals surface area contributed by atoms with Gasteiger partial charge in [-0.25, -0.2) is 4.98 Å². The Bertz CT molecular complexity index is 517. The summed E-state index contributed by atoms with van der Waals surface area (Å²) in [6, 6.07) is 4.86. The molecule has 2 aromatic rings. The van der Waals surface area contributed by atoms with E-state index in [1.807, 2.05) is 6.92 Å². The molecule has 0 radical (unpaired) electrons. The normalized spacial score (nSPS) is 10.6. The monoisotopic (exact) mass is 217 g/mol. The third-order valence-corrected chi connectivity index (χ3v) is 2.61. The zero-order chi connectivity index (χ0) is 11.7. The number of aryl methyl sites for hydroxylation is 2. The molecule has 16 heavy (non-hydrogen) atoms. The third-order valence-electron chi connectivity index (χ3n) is 2.61. The maximum Gasteiger partial charge on any atom is 0.140 e. The number of nitrogen functional groups attached to an aromatic ring is 1. The van der Waals surface area contributed by atoms with Gasteiger partial charge in [-0.15, -0.1) is 0 Å². The van der Waals surface area contributed by atoms with E-state index in [2.05, 4.69) is 16.9 Å². The number of H-pyrrole nitrogens is 1. The molecule has 1 heterocycles. The molecular weight excluding hydrogens is 202 g/mol. The molecule has 0 aliphatic rings. The van der Waals surface area contributed by atoms with Crippen LogP contribution >= 0.6 is 0 Å². The van der Waals surface area contributed by atoms with Crippen molar-refractivity contribution in [1.29, 1.82) is 0 Å². The van der Waals surface area contributed by atoms with Crippen LogP contribution in [0, 0.1) is 6.92 Å². The highest BCUT2D eigenvalue weighted by Gasteiger charge is 2.10. The summed E-state index contributed by atoms with van der Waals surface area (Å²) in [6.45, 7) is 4.03. The molecule has 0 saturated heterocycles. The largest absolute Gasteiger partial charge is 0.508 e. The molecule has 0 spiro atoms. The first-order valence-corrected chi connectivity index (χ1v) is 5.26. The van der Waals surface area contributed by atoms with Crippen molar-refractivity contribution < 1.29 is 5.11 Å². The molecule has 0 amide bonds. The molecular formula is C12H15N3O. The molecule has 0 unspecified atom stereocenters. The van der Waals surface area contributed by atoms with Gasteiger partial charge in [0.25, 0.3) is 0 Å². The quantitative estimate of drug-likeness (QED) is 0.533. The number of aromatic nitrogens is 2. The molecule has 1 aromatic carbocycles. The number of anilines is 1. The van der Waals surface area contributed by atoms with Crippen molar-refractivity contribution in [2.24, 2.45) is 0 Å². The molecule has 84 valence electrons. The maximum absolute atomic E-state index is 9.43. The van der Waals surface area contributed by atoms with Crippen molar-refractivity contribution in [3.63, 3.8) is 0 Å². The molecule has 0 saturated carbocycles. The van der Waals surface area contributed by atoms with Crippen molar-refractivity contribution in [2.45, 2.75) is 20.3 Å². The van der Waals surface area contributed by atoms with E-state index in [-0.39, 0.29) is 5.75 Å². The lowest BCUT2D eigenvalue weighted by Gasteiger charge is -2.02. The van der Waals surface area contributed by atoms with Crippen LogP contribution in [-0.4, -0.2) is 15.1 Å². The molecule has 0 aliphatic carbocycles. The van der Waals surface area contributed by atoms with Crippen LogP contribution in [0.4, 0.5) is 5.69 Å². The van der Waals surface area contributed by atoms with E-state index < -0.39 is 0 Å². The van der Waals surface area contributed by atoms with Crippen LogP contribution in [0.1, 0.15) is 18.3 Å². The fourth-order valence-corrected chi connectivity index (χ4v) is 1.72. The Labute approximate surface area is 94.1 Å². The van der Waals surface area contributed by atoms with Crippen LogP contribution < -0.4 is 5.73 Å². The highest BCUT2D eigenvalue weighted by molar-refractivity contribution is 5.73. The second-order valence-corrected chi connectivity index (χ2v) is 3.78. The van der Waals surface area contributed by atoms with Crippen molar-refractivity contribution in [3.05, 3.63) is 29.6 Å². The first-order valence-electron chi connectivity index (χ1n) is 5.26. The van der Waals surface area contributed by atoms with Gasteiger partial charge in [-0.05, 0) is 31.5 Å². The Morgan fingerprint density at radius 1 is 1.44 bits per heavy atom. The molecule has 4 N–H and O–H groups in total. The second-order valence-electron chi connectivity index (χ2n) is 3.78. The number of phenols is 1. The number of nitrogens with zero attached hydrogens (tertiary/aromatic N) is 1. The summed E-state index contributed by atoms with van der Waals surface area (Å²) in [6.07, 6.45) is 0.876. The molecule has 4 nitrogen and oxygen atoms in total. The number of aromatic hydroxyl groups is 1. The van der Waals surface area contributed by atoms with E-state index in [0.29, 0.717) is 11.5 Å². The SMILES string of the molecule is CCc1nc(-c2cc(O)ccc2N)[nH]c1C. The Morgan fingerprint density at radius 2 is 2.19 bits per heavy atom. The van der Waals surface area contributed by atoms with Crippen molar-refractivity contribution in [2.75, 3.05) is 5.73 Å². The summed E-state index contributed by atoms with van der Waals surface area (Å²) in [7, 11) is 0. The number of aromatic amines is 1. The van der Waals surface area contributed by atoms with E-state index in [4.69, 9.17) is 5.73 Å². The summed E-state index contributed by atoms with van der Waals surface area (Å²) >= 11 is 0. The predicted molar refractivity (Wildman–Crippen MR) is 64.2 cm³/mol. The van der Waals surface area contributed by atoms with Crippen LogP contribution in [-0.2, 0) is 6.42 Å². The second kappa shape index (κ2) is 3.89. The van der Waals surface area contributed by atoms with Gasteiger partial charge in [-0.2, -0.15) is 0 Å². The van der Waals surface area contributed by atoms with Crippen LogP contribution in [0.5, 0.6) is 5.75 Å². The third kappa shape index (κ3) is 1.74.